The predicted octanol–water partition coefficient (Wildman–Crippen LogP) is 0.801. The molecule has 1 aromatic rings. The SMILES string of the molecule is CCOC(=O)CCON(CC)C(=O)CNC(=O)NCc1ccc(N)cc1. The Morgan fingerprint density at radius 2 is 1.81 bits per heavy atom. The highest BCUT2D eigenvalue weighted by molar-refractivity contribution is 5.83. The molecule has 0 atom stereocenters. The lowest BCUT2D eigenvalue weighted by atomic mass is 10.2. The summed E-state index contributed by atoms with van der Waals surface area (Å²) in [4.78, 5) is 40.2. The number of likely N-dealkylation sites (N-methyl/N-ethyl adjacent to an activating group) is 1. The number of hydroxylamine groups is 2. The molecule has 0 radical (unpaired) electrons. The predicted molar refractivity (Wildman–Crippen MR) is 95.7 cm³/mol. The van der Waals surface area contributed by atoms with E-state index in [1.165, 1.54) is 0 Å². The van der Waals surface area contributed by atoms with Gasteiger partial charge in [0, 0.05) is 18.8 Å². The van der Waals surface area contributed by atoms with Crippen molar-refractivity contribution in [2.45, 2.75) is 26.8 Å². The minimum Gasteiger partial charge on any atom is -0.466 e. The Hall–Kier alpha value is -2.81. The number of amides is 3. The van der Waals surface area contributed by atoms with Crippen molar-refractivity contribution in [1.82, 2.24) is 15.7 Å². The van der Waals surface area contributed by atoms with Gasteiger partial charge in [-0.1, -0.05) is 12.1 Å². The molecule has 0 aromatic heterocycles. The highest BCUT2D eigenvalue weighted by Gasteiger charge is 2.14. The van der Waals surface area contributed by atoms with Crippen molar-refractivity contribution >= 4 is 23.6 Å². The fourth-order valence-corrected chi connectivity index (χ4v) is 1.94. The maximum Gasteiger partial charge on any atom is 0.315 e. The van der Waals surface area contributed by atoms with Gasteiger partial charge >= 0.3 is 12.0 Å². The van der Waals surface area contributed by atoms with Crippen LogP contribution in [0.3, 0.4) is 0 Å². The second kappa shape index (κ2) is 11.7. The minimum absolute atomic E-state index is 0.0295. The molecular formula is C17H26N4O5. The third-order valence-electron chi connectivity index (χ3n) is 3.26. The standard InChI is InChI=1S/C17H26N4O5/c1-3-21(26-10-9-16(23)25-4-2)15(22)12-20-17(24)19-11-13-5-7-14(18)8-6-13/h5-8H,3-4,9-12,18H2,1-2H3,(H2,19,20,24). The molecule has 4 N–H and O–H groups in total. The Morgan fingerprint density at radius 1 is 1.12 bits per heavy atom. The number of nitrogens with one attached hydrogen (secondary N) is 2. The Kier molecular flexibility index (Phi) is 9.55. The number of rotatable bonds is 10. The van der Waals surface area contributed by atoms with Gasteiger partial charge in [-0.3, -0.25) is 14.4 Å². The van der Waals surface area contributed by atoms with Crippen LogP contribution in [-0.4, -0.2) is 49.3 Å². The Morgan fingerprint density at radius 3 is 2.42 bits per heavy atom. The highest BCUT2D eigenvalue weighted by atomic mass is 16.7. The quantitative estimate of drug-likeness (QED) is 0.320. The van der Waals surface area contributed by atoms with E-state index in [1.54, 1.807) is 38.1 Å². The van der Waals surface area contributed by atoms with Crippen LogP contribution in [0.4, 0.5) is 10.5 Å². The van der Waals surface area contributed by atoms with Crippen molar-refractivity contribution in [3.8, 4) is 0 Å². The van der Waals surface area contributed by atoms with Gasteiger partial charge in [0.25, 0.3) is 5.91 Å². The number of carbonyl (C=O) groups excluding carboxylic acids is 3. The zero-order valence-corrected chi connectivity index (χ0v) is 15.1. The van der Waals surface area contributed by atoms with Gasteiger partial charge in [0.2, 0.25) is 0 Å². The van der Waals surface area contributed by atoms with Gasteiger partial charge < -0.3 is 21.1 Å². The molecule has 0 fully saturated rings. The van der Waals surface area contributed by atoms with Gasteiger partial charge in [-0.2, -0.15) is 0 Å². The topological polar surface area (TPSA) is 123 Å². The number of nitrogen functional groups attached to an aromatic ring is 1. The molecule has 3 amide bonds. The Bertz CT molecular complexity index is 591. The lowest BCUT2D eigenvalue weighted by molar-refractivity contribution is -0.187. The number of esters is 1. The molecule has 0 unspecified atom stereocenters. The normalized spacial score (nSPS) is 10.1. The molecule has 0 saturated carbocycles. The molecule has 0 aliphatic heterocycles. The zero-order valence-electron chi connectivity index (χ0n) is 15.1. The van der Waals surface area contributed by atoms with Crippen molar-refractivity contribution in [1.29, 1.82) is 0 Å². The van der Waals surface area contributed by atoms with Gasteiger partial charge in [-0.15, -0.1) is 0 Å². The first-order valence-corrected chi connectivity index (χ1v) is 8.41. The Balaban J connectivity index is 2.27. The maximum atomic E-state index is 12.0. The number of hydrogen-bond acceptors (Lipinski definition) is 6. The van der Waals surface area contributed by atoms with Gasteiger partial charge in [0.05, 0.1) is 19.6 Å². The third-order valence-corrected chi connectivity index (χ3v) is 3.26. The van der Waals surface area contributed by atoms with Crippen molar-refractivity contribution in [2.24, 2.45) is 0 Å². The van der Waals surface area contributed by atoms with Crippen LogP contribution >= 0.6 is 0 Å². The summed E-state index contributed by atoms with van der Waals surface area (Å²) in [6, 6.07) is 6.61. The lowest BCUT2D eigenvalue weighted by Gasteiger charge is -2.20. The fourth-order valence-electron chi connectivity index (χ4n) is 1.94. The number of ether oxygens (including phenoxy) is 1. The molecular weight excluding hydrogens is 340 g/mol. The largest absolute Gasteiger partial charge is 0.466 e. The van der Waals surface area contributed by atoms with E-state index in [-0.39, 0.29) is 26.1 Å². The van der Waals surface area contributed by atoms with Gasteiger partial charge in [0.15, 0.2) is 0 Å². The molecule has 0 heterocycles. The summed E-state index contributed by atoms with van der Waals surface area (Å²) in [5.41, 5.74) is 7.12. The molecule has 1 aromatic carbocycles. The molecule has 9 heteroatoms. The summed E-state index contributed by atoms with van der Waals surface area (Å²) < 4.78 is 4.77. The summed E-state index contributed by atoms with van der Waals surface area (Å²) in [6.45, 7) is 4.14. The summed E-state index contributed by atoms with van der Waals surface area (Å²) >= 11 is 0. The monoisotopic (exact) mass is 366 g/mol. The summed E-state index contributed by atoms with van der Waals surface area (Å²) in [6.07, 6.45) is 0.0487. The number of nitrogens with zero attached hydrogens (tertiary/aromatic N) is 1. The average molecular weight is 366 g/mol. The summed E-state index contributed by atoms with van der Waals surface area (Å²) in [7, 11) is 0. The number of anilines is 1. The van der Waals surface area contributed by atoms with Crippen LogP contribution in [0, 0.1) is 0 Å². The van der Waals surface area contributed by atoms with Crippen molar-refractivity contribution in [2.75, 3.05) is 32.0 Å². The molecule has 1 rings (SSSR count). The van der Waals surface area contributed by atoms with Gasteiger partial charge in [-0.05, 0) is 31.5 Å². The second-order valence-electron chi connectivity index (χ2n) is 5.25. The first-order valence-electron chi connectivity index (χ1n) is 8.41. The number of urea groups is 1. The second-order valence-corrected chi connectivity index (χ2v) is 5.25. The molecule has 0 saturated heterocycles. The van der Waals surface area contributed by atoms with Crippen LogP contribution < -0.4 is 16.4 Å². The van der Waals surface area contributed by atoms with E-state index in [0.29, 0.717) is 18.8 Å². The molecule has 0 aliphatic rings. The van der Waals surface area contributed by atoms with Crippen molar-refractivity contribution in [3.05, 3.63) is 29.8 Å². The van der Waals surface area contributed by atoms with E-state index < -0.39 is 17.9 Å². The van der Waals surface area contributed by atoms with E-state index in [4.69, 9.17) is 15.3 Å². The number of benzene rings is 1. The average Bonchev–Trinajstić information content (AvgIpc) is 2.63. The third kappa shape index (κ3) is 8.34. The number of carbonyl (C=O) groups is 3. The van der Waals surface area contributed by atoms with E-state index in [2.05, 4.69) is 10.6 Å². The van der Waals surface area contributed by atoms with E-state index in [9.17, 15) is 14.4 Å². The van der Waals surface area contributed by atoms with E-state index in [0.717, 1.165) is 10.6 Å². The lowest BCUT2D eigenvalue weighted by Crippen LogP contribution is -2.43. The first-order chi connectivity index (χ1) is 12.5. The number of hydrogen-bond donors (Lipinski definition) is 3. The van der Waals surface area contributed by atoms with E-state index >= 15 is 0 Å². The van der Waals surface area contributed by atoms with Crippen LogP contribution in [0.15, 0.2) is 24.3 Å². The van der Waals surface area contributed by atoms with Crippen molar-refractivity contribution in [3.63, 3.8) is 0 Å². The first kappa shape index (κ1) is 21.2. The van der Waals surface area contributed by atoms with Crippen LogP contribution in [0.5, 0.6) is 0 Å². The zero-order chi connectivity index (χ0) is 19.4. The number of nitrogens with two attached hydrogens (primary N) is 1. The highest BCUT2D eigenvalue weighted by Crippen LogP contribution is 2.04. The van der Waals surface area contributed by atoms with Crippen LogP contribution in [-0.2, 0) is 25.7 Å². The van der Waals surface area contributed by atoms with Gasteiger partial charge in [-0.25, -0.2) is 9.86 Å². The Labute approximate surface area is 152 Å². The minimum atomic E-state index is -0.474. The summed E-state index contributed by atoms with van der Waals surface area (Å²) in [5.74, 6) is -0.810. The molecule has 9 nitrogen and oxygen atoms in total. The van der Waals surface area contributed by atoms with Crippen molar-refractivity contribution < 1.29 is 24.0 Å². The van der Waals surface area contributed by atoms with Gasteiger partial charge in [0.1, 0.15) is 6.54 Å². The fraction of sp³-hybridized carbons (Fsp3) is 0.471. The molecule has 0 bridgehead atoms. The molecule has 144 valence electrons. The van der Waals surface area contributed by atoms with Crippen LogP contribution in [0.25, 0.3) is 0 Å². The molecule has 26 heavy (non-hydrogen) atoms. The summed E-state index contributed by atoms with van der Waals surface area (Å²) in [5, 5.41) is 6.20. The van der Waals surface area contributed by atoms with Crippen LogP contribution in [0.2, 0.25) is 0 Å². The van der Waals surface area contributed by atoms with E-state index in [1.807, 2.05) is 0 Å². The van der Waals surface area contributed by atoms with Crippen LogP contribution in [0.1, 0.15) is 25.8 Å². The smallest absolute Gasteiger partial charge is 0.315 e. The molecule has 0 spiro atoms. The molecule has 0 aliphatic carbocycles. The maximum absolute atomic E-state index is 12.0.